The molecule has 0 unspecified atom stereocenters. The maximum atomic E-state index is 12.6. The summed E-state index contributed by atoms with van der Waals surface area (Å²) in [4.78, 5) is 0. The van der Waals surface area contributed by atoms with Gasteiger partial charge in [-0.25, -0.2) is 0 Å². The standard InChI is InChI=1S/C6H6AsFO3/c8-6-4-2-1-3-5(6)7(9,10)11/h1-4H,(H2,9,10,11). The Balaban J connectivity index is 3.25. The molecule has 1 aromatic rings. The molecule has 0 amide bonds. The first-order valence-electron chi connectivity index (χ1n) is 2.82. The molecule has 0 aliphatic carbocycles. The van der Waals surface area contributed by atoms with Crippen LogP contribution in [0.1, 0.15) is 0 Å². The van der Waals surface area contributed by atoms with Gasteiger partial charge in [-0.2, -0.15) is 0 Å². The van der Waals surface area contributed by atoms with Gasteiger partial charge in [-0.1, -0.05) is 0 Å². The molecule has 1 rings (SSSR count). The number of hydrogen-bond acceptors (Lipinski definition) is 1. The maximum absolute atomic E-state index is 12.6. The zero-order valence-electron chi connectivity index (χ0n) is 5.44. The molecule has 2 N–H and O–H groups in total. The van der Waals surface area contributed by atoms with Crippen LogP contribution in [-0.2, 0) is 3.74 Å². The molecule has 60 valence electrons. The zero-order valence-corrected chi connectivity index (χ0v) is 7.31. The third-order valence-electron chi connectivity index (χ3n) is 1.17. The van der Waals surface area contributed by atoms with Crippen molar-refractivity contribution in [2.24, 2.45) is 0 Å². The first kappa shape index (κ1) is 8.52. The van der Waals surface area contributed by atoms with E-state index in [0.717, 1.165) is 12.1 Å². The topological polar surface area (TPSA) is 57.5 Å². The SMILES string of the molecule is O=[As](O)(O)c1ccccc1F. The second-order valence-corrected chi connectivity index (χ2v) is 5.29. The number of hydrogen-bond donors (Lipinski definition) is 2. The van der Waals surface area contributed by atoms with E-state index in [9.17, 15) is 8.13 Å². The van der Waals surface area contributed by atoms with Crippen LogP contribution in [0.15, 0.2) is 24.3 Å². The summed E-state index contributed by atoms with van der Waals surface area (Å²) < 4.78 is 39.9. The molecule has 0 saturated heterocycles. The second-order valence-electron chi connectivity index (χ2n) is 2.00. The van der Waals surface area contributed by atoms with Crippen LogP contribution in [-0.4, -0.2) is 22.4 Å². The van der Waals surface area contributed by atoms with Gasteiger partial charge < -0.3 is 0 Å². The van der Waals surface area contributed by atoms with E-state index in [1.807, 2.05) is 0 Å². The fraction of sp³-hybridized carbons (Fsp3) is 0. The fourth-order valence-electron chi connectivity index (χ4n) is 0.688. The summed E-state index contributed by atoms with van der Waals surface area (Å²) in [6.07, 6.45) is 0. The summed E-state index contributed by atoms with van der Waals surface area (Å²) in [6.45, 7) is 0. The Morgan fingerprint density at radius 3 is 2.18 bits per heavy atom. The quantitative estimate of drug-likeness (QED) is 0.620. The van der Waals surface area contributed by atoms with E-state index in [2.05, 4.69) is 0 Å². The monoisotopic (exact) mass is 220 g/mol. The third kappa shape index (κ3) is 1.93. The van der Waals surface area contributed by atoms with Crippen molar-refractivity contribution in [2.45, 2.75) is 0 Å². The van der Waals surface area contributed by atoms with E-state index in [4.69, 9.17) is 8.19 Å². The molecule has 0 radical (unpaired) electrons. The van der Waals surface area contributed by atoms with Crippen molar-refractivity contribution in [1.82, 2.24) is 0 Å². The zero-order chi connectivity index (χ0) is 8.48. The van der Waals surface area contributed by atoms with Crippen molar-refractivity contribution >= 4 is 18.5 Å². The van der Waals surface area contributed by atoms with Gasteiger partial charge in [-0.3, -0.25) is 0 Å². The second kappa shape index (κ2) is 2.81. The van der Waals surface area contributed by atoms with Gasteiger partial charge in [0.25, 0.3) is 0 Å². The molecule has 0 heterocycles. The molecular weight excluding hydrogens is 214 g/mol. The van der Waals surface area contributed by atoms with E-state index in [0.29, 0.717) is 0 Å². The summed E-state index contributed by atoms with van der Waals surface area (Å²) in [5.74, 6) is -0.847. The molecule has 1 aromatic carbocycles. The molecule has 0 aliphatic heterocycles. The Kier molecular flexibility index (Phi) is 2.18. The molecule has 0 aromatic heterocycles. The minimum atomic E-state index is -5.03. The number of benzene rings is 1. The van der Waals surface area contributed by atoms with Crippen LogP contribution < -0.4 is 4.35 Å². The van der Waals surface area contributed by atoms with Crippen LogP contribution >= 0.6 is 0 Å². The molecule has 5 heteroatoms. The Hall–Kier alpha value is -0.572. The van der Waals surface area contributed by atoms with Gasteiger partial charge in [0.1, 0.15) is 0 Å². The molecule has 0 spiro atoms. The number of rotatable bonds is 1. The molecule has 11 heavy (non-hydrogen) atoms. The Morgan fingerprint density at radius 2 is 1.82 bits per heavy atom. The summed E-state index contributed by atoms with van der Waals surface area (Å²) in [5.41, 5.74) is 0. The van der Waals surface area contributed by atoms with Crippen LogP contribution in [0.3, 0.4) is 0 Å². The van der Waals surface area contributed by atoms with Crippen molar-refractivity contribution in [1.29, 1.82) is 0 Å². The Morgan fingerprint density at radius 1 is 1.27 bits per heavy atom. The van der Waals surface area contributed by atoms with Gasteiger partial charge in [0.05, 0.1) is 0 Å². The minimum absolute atomic E-state index is 0.495. The molecule has 0 saturated carbocycles. The molecule has 0 aliphatic rings. The summed E-state index contributed by atoms with van der Waals surface area (Å²) in [7, 11) is 0. The average molecular weight is 220 g/mol. The summed E-state index contributed by atoms with van der Waals surface area (Å²) in [6, 6.07) is 4.88. The van der Waals surface area contributed by atoms with E-state index < -0.39 is 24.3 Å². The van der Waals surface area contributed by atoms with Crippen LogP contribution in [0.4, 0.5) is 4.39 Å². The fourth-order valence-corrected chi connectivity index (χ4v) is 2.02. The van der Waals surface area contributed by atoms with Gasteiger partial charge in [0, 0.05) is 0 Å². The number of halogens is 1. The van der Waals surface area contributed by atoms with Gasteiger partial charge in [-0.05, 0) is 0 Å². The Labute approximate surface area is 65.5 Å². The van der Waals surface area contributed by atoms with E-state index >= 15 is 0 Å². The molecule has 0 fully saturated rings. The van der Waals surface area contributed by atoms with Crippen LogP contribution in [0.5, 0.6) is 0 Å². The summed E-state index contributed by atoms with van der Waals surface area (Å²) >= 11 is -5.03. The van der Waals surface area contributed by atoms with Gasteiger partial charge in [0.15, 0.2) is 0 Å². The predicted octanol–water partition coefficient (Wildman–Crippen LogP) is -0.613. The van der Waals surface area contributed by atoms with E-state index in [1.54, 1.807) is 0 Å². The molecule has 3 nitrogen and oxygen atoms in total. The predicted molar refractivity (Wildman–Crippen MR) is 36.9 cm³/mol. The van der Waals surface area contributed by atoms with Crippen LogP contribution in [0, 0.1) is 5.82 Å². The Bertz CT molecular complexity index is 306. The normalized spacial score (nSPS) is 11.5. The summed E-state index contributed by atoms with van der Waals surface area (Å²) in [5, 5.41) is 0. The first-order chi connectivity index (χ1) is 5.02. The molecule has 0 bridgehead atoms. The van der Waals surface area contributed by atoms with Crippen molar-refractivity contribution < 1.29 is 16.3 Å². The van der Waals surface area contributed by atoms with Crippen molar-refractivity contribution in [3.05, 3.63) is 30.1 Å². The molecule has 0 atom stereocenters. The van der Waals surface area contributed by atoms with Crippen molar-refractivity contribution in [3.8, 4) is 0 Å². The van der Waals surface area contributed by atoms with E-state index in [1.165, 1.54) is 12.1 Å². The van der Waals surface area contributed by atoms with E-state index in [-0.39, 0.29) is 0 Å². The molecular formula is C6H6AsFO3. The first-order valence-corrected chi connectivity index (χ1v) is 6.21. The van der Waals surface area contributed by atoms with Gasteiger partial charge >= 0.3 is 64.9 Å². The van der Waals surface area contributed by atoms with Crippen LogP contribution in [0.2, 0.25) is 0 Å². The van der Waals surface area contributed by atoms with Crippen molar-refractivity contribution in [2.75, 3.05) is 0 Å². The average Bonchev–Trinajstić information content (AvgIpc) is 1.86. The van der Waals surface area contributed by atoms with Gasteiger partial charge in [-0.15, -0.1) is 0 Å². The third-order valence-corrected chi connectivity index (χ3v) is 3.24. The van der Waals surface area contributed by atoms with Gasteiger partial charge in [0.2, 0.25) is 0 Å². The van der Waals surface area contributed by atoms with Crippen LogP contribution in [0.25, 0.3) is 0 Å². The van der Waals surface area contributed by atoms with Crippen molar-refractivity contribution in [3.63, 3.8) is 0 Å².